The molecule has 0 radical (unpaired) electrons. The van der Waals surface area contributed by atoms with Crippen molar-refractivity contribution >= 4 is 11.8 Å². The summed E-state index contributed by atoms with van der Waals surface area (Å²) in [5, 5.41) is 13.8. The van der Waals surface area contributed by atoms with Crippen molar-refractivity contribution in [3.8, 4) is 11.5 Å². The number of aliphatic hydroxyl groups is 1. The molecule has 0 aliphatic rings. The number of nitrogens with one attached hydrogen (secondary N) is 1. The lowest BCUT2D eigenvalue weighted by Crippen LogP contribution is -2.46. The van der Waals surface area contributed by atoms with Gasteiger partial charge in [0.1, 0.15) is 0 Å². The summed E-state index contributed by atoms with van der Waals surface area (Å²) in [6, 6.07) is 3.54. The zero-order valence-corrected chi connectivity index (χ0v) is 24.2. The van der Waals surface area contributed by atoms with Crippen LogP contribution in [-0.2, 0) is 20.7 Å². The summed E-state index contributed by atoms with van der Waals surface area (Å²) in [7, 11) is -1.92. The van der Waals surface area contributed by atoms with Crippen LogP contribution in [0.15, 0.2) is 18.2 Å². The normalized spacial score (nSPS) is 20.0. The van der Waals surface area contributed by atoms with Crippen LogP contribution in [0.2, 0.25) is 0 Å². The van der Waals surface area contributed by atoms with E-state index in [1.54, 1.807) is 19.9 Å². The third-order valence-corrected chi connectivity index (χ3v) is 7.04. The first-order valence-corrected chi connectivity index (χ1v) is 13.2. The molecule has 6 N–H and O–H groups in total. The summed E-state index contributed by atoms with van der Waals surface area (Å²) < 4.78 is 77.5. The average molecular weight is 560 g/mol. The monoisotopic (exact) mass is 559 g/mol. The maximum absolute atomic E-state index is 13.0. The lowest BCUT2D eigenvalue weighted by Gasteiger charge is -2.30. The largest absolute Gasteiger partial charge is 0.493 e. The minimum absolute atomic E-state index is 0.0489. The summed E-state index contributed by atoms with van der Waals surface area (Å²) in [4.78, 5) is 24.7. The second kappa shape index (κ2) is 16.7. The number of hydrogen-bond donors (Lipinski definition) is 4. The van der Waals surface area contributed by atoms with Crippen LogP contribution < -0.4 is 26.3 Å². The fraction of sp³-hybridized carbons (Fsp3) is 0.733. The predicted octanol–water partition coefficient (Wildman–Crippen LogP) is 3.29. The summed E-state index contributed by atoms with van der Waals surface area (Å²) >= 11 is 0. The summed E-state index contributed by atoms with van der Waals surface area (Å²) in [5.41, 5.74) is 11.5. The van der Waals surface area contributed by atoms with E-state index in [0.29, 0.717) is 18.4 Å². The van der Waals surface area contributed by atoms with Crippen LogP contribution >= 0.6 is 0 Å². The van der Waals surface area contributed by atoms with Gasteiger partial charge in [-0.25, -0.2) is 0 Å². The third-order valence-electron chi connectivity index (χ3n) is 7.04. The number of primary amides is 1. The van der Waals surface area contributed by atoms with Crippen molar-refractivity contribution in [2.75, 3.05) is 33.8 Å². The van der Waals surface area contributed by atoms with Crippen LogP contribution in [0.4, 0.5) is 0 Å². The molecule has 0 fully saturated rings. The van der Waals surface area contributed by atoms with Gasteiger partial charge >= 0.3 is 0 Å². The van der Waals surface area contributed by atoms with Gasteiger partial charge in [0.05, 0.1) is 34.7 Å². The lowest BCUT2D eigenvalue weighted by atomic mass is 9.80. The number of carbonyl (C=O) groups is 2. The summed E-state index contributed by atoms with van der Waals surface area (Å²) in [6.07, 6.45) is -2.43. The third kappa shape index (κ3) is 11.7. The van der Waals surface area contributed by atoms with Crippen LogP contribution in [0.3, 0.4) is 0 Å². The number of carbonyl (C=O) groups excluding carboxylic acids is 2. The van der Waals surface area contributed by atoms with Gasteiger partial charge in [-0.15, -0.1) is 0 Å². The van der Waals surface area contributed by atoms with E-state index in [2.05, 4.69) is 10.1 Å². The number of hydrogen-bond acceptors (Lipinski definition) is 7. The number of amides is 2. The lowest BCUT2D eigenvalue weighted by molar-refractivity contribution is -0.130. The Morgan fingerprint density at radius 3 is 2.38 bits per heavy atom. The summed E-state index contributed by atoms with van der Waals surface area (Å²) in [5.74, 6) is -2.33. The minimum Gasteiger partial charge on any atom is -0.493 e. The Morgan fingerprint density at radius 2 is 1.82 bits per heavy atom. The molecule has 9 heteroatoms. The zero-order chi connectivity index (χ0) is 36.7. The first kappa shape index (κ1) is 23.4. The molecule has 0 aromatic heterocycles. The van der Waals surface area contributed by atoms with Crippen molar-refractivity contribution in [3.63, 3.8) is 0 Å². The van der Waals surface area contributed by atoms with E-state index in [0.717, 1.165) is 7.11 Å². The van der Waals surface area contributed by atoms with E-state index in [1.807, 2.05) is 27.7 Å². The number of aliphatic hydroxyl groups excluding tert-OH is 1. The Labute approximate surface area is 246 Å². The Hall–Kier alpha value is -2.36. The van der Waals surface area contributed by atoms with Gasteiger partial charge in [0.25, 0.3) is 0 Å². The molecule has 0 aliphatic heterocycles. The van der Waals surface area contributed by atoms with Crippen molar-refractivity contribution in [1.82, 2.24) is 5.32 Å². The second-order valence-corrected chi connectivity index (χ2v) is 11.3. The molecule has 9 nitrogen and oxygen atoms in total. The highest BCUT2D eigenvalue weighted by molar-refractivity contribution is 5.83. The van der Waals surface area contributed by atoms with Crippen LogP contribution in [0.5, 0.6) is 11.5 Å². The molecule has 0 saturated carbocycles. The topological polar surface area (TPSA) is 146 Å². The maximum atomic E-state index is 13.0. The van der Waals surface area contributed by atoms with Gasteiger partial charge in [0.15, 0.2) is 11.5 Å². The standard InChI is InChI=1S/C30H53N3O6/c1-19(2)22(14-21-10-11-26(38-8)27(15-21)39-13-9-12-37-7)16-24(31)25(34)17-23(20(3)4)28(35)33-18-30(5,6)29(32)36/h10-11,15,19-20,22-25,34H,9,12-14,16-18,31H2,1-8H3,(H2,32,36)(H,33,35)/t22-,23-,24-,25-/m0/s1/i8D3,9D,12D2,13D2/t9?,22-,23-,24-,25-. The molecule has 5 atom stereocenters. The first-order valence-electron chi connectivity index (χ1n) is 17.3. The van der Waals surface area contributed by atoms with Gasteiger partial charge in [-0.05, 0) is 68.6 Å². The van der Waals surface area contributed by atoms with Crippen LogP contribution in [-0.4, -0.2) is 62.9 Å². The van der Waals surface area contributed by atoms with Gasteiger partial charge in [0.2, 0.25) is 11.8 Å². The zero-order valence-electron chi connectivity index (χ0n) is 32.2. The molecule has 1 unspecified atom stereocenters. The molecule has 0 bridgehead atoms. The molecule has 1 aromatic carbocycles. The summed E-state index contributed by atoms with van der Waals surface area (Å²) in [6.45, 7) is 5.27. The van der Waals surface area contributed by atoms with E-state index in [9.17, 15) is 14.7 Å². The molecule has 0 spiro atoms. The molecular formula is C30H53N3O6. The Balaban J connectivity index is 3.21. The van der Waals surface area contributed by atoms with Crippen molar-refractivity contribution in [2.24, 2.45) is 40.6 Å². The smallest absolute Gasteiger partial charge is 0.224 e. The van der Waals surface area contributed by atoms with Gasteiger partial charge < -0.3 is 36.1 Å². The van der Waals surface area contributed by atoms with Crippen LogP contribution in [0, 0.1) is 29.1 Å². The molecule has 39 heavy (non-hydrogen) atoms. The Bertz CT molecular complexity index is 1180. The van der Waals surface area contributed by atoms with E-state index < -0.39 is 55.9 Å². The molecule has 1 aromatic rings. The second-order valence-electron chi connectivity index (χ2n) is 11.3. The van der Waals surface area contributed by atoms with Gasteiger partial charge in [-0.2, -0.15) is 0 Å². The highest BCUT2D eigenvalue weighted by Gasteiger charge is 2.32. The number of benzene rings is 1. The molecule has 0 saturated heterocycles. The van der Waals surface area contributed by atoms with Gasteiger partial charge in [-0.3, -0.25) is 9.59 Å². The first-order chi connectivity index (χ1) is 21.2. The number of methoxy groups -OCH3 is 2. The molecule has 224 valence electrons. The molecule has 0 heterocycles. The Kier molecular flexibility index (Phi) is 9.99. The Morgan fingerprint density at radius 1 is 1.13 bits per heavy atom. The fourth-order valence-corrected chi connectivity index (χ4v) is 4.06. The quantitative estimate of drug-likeness (QED) is 0.203. The average Bonchev–Trinajstić information content (AvgIpc) is 2.93. The predicted molar refractivity (Wildman–Crippen MR) is 155 cm³/mol. The van der Waals surface area contributed by atoms with Gasteiger partial charge in [-0.1, -0.05) is 33.8 Å². The number of ether oxygens (including phenoxy) is 3. The van der Waals surface area contributed by atoms with E-state index in [1.165, 1.54) is 12.1 Å². The van der Waals surface area contributed by atoms with Gasteiger partial charge in [0, 0.05) is 39.9 Å². The number of rotatable bonds is 19. The minimum atomic E-state index is -2.95. The molecule has 1 rings (SSSR count). The van der Waals surface area contributed by atoms with Crippen LogP contribution in [0.25, 0.3) is 0 Å². The fourth-order valence-electron chi connectivity index (χ4n) is 4.06. The molecule has 2 amide bonds. The van der Waals surface area contributed by atoms with Crippen molar-refractivity contribution < 1.29 is 39.9 Å². The van der Waals surface area contributed by atoms with E-state index in [-0.39, 0.29) is 48.1 Å². The number of nitrogens with two attached hydrogens (primary N) is 2. The van der Waals surface area contributed by atoms with Crippen molar-refractivity contribution in [3.05, 3.63) is 23.8 Å². The van der Waals surface area contributed by atoms with E-state index >= 15 is 0 Å². The molecular weight excluding hydrogens is 498 g/mol. The van der Waals surface area contributed by atoms with Crippen molar-refractivity contribution in [2.45, 2.75) is 79.3 Å². The SMILES string of the molecule is [2H]C(C([2H])([2H])OC)C([2H])([2H])Oc1cc(C[C@@H](C[C@H](N)[C@@H](O)C[C@H](C(=O)NCC(C)(C)C(N)=O)C(C)C)C(C)C)ccc1OC([2H])([2H])[2H]. The molecule has 0 aliphatic carbocycles. The highest BCUT2D eigenvalue weighted by atomic mass is 16.5. The maximum Gasteiger partial charge on any atom is 0.224 e. The van der Waals surface area contributed by atoms with E-state index in [4.69, 9.17) is 31.9 Å². The van der Waals surface area contributed by atoms with Crippen LogP contribution in [0.1, 0.15) is 77.3 Å². The van der Waals surface area contributed by atoms with Crippen molar-refractivity contribution in [1.29, 1.82) is 0 Å². The highest BCUT2D eigenvalue weighted by Crippen LogP contribution is 2.32.